The Morgan fingerprint density at radius 2 is 1.79 bits per heavy atom. The van der Waals surface area contributed by atoms with E-state index in [4.69, 9.17) is 9.47 Å². The van der Waals surface area contributed by atoms with Crippen LogP contribution in [0.5, 0.6) is 11.5 Å². The number of ether oxygens (including phenoxy) is 2. The fraction of sp³-hybridized carbons (Fsp3) is 0.500. The highest BCUT2D eigenvalue weighted by molar-refractivity contribution is 5.85. The predicted molar refractivity (Wildman–Crippen MR) is 66.2 cm³/mol. The number of hydrogen-bond acceptors (Lipinski definition) is 5. The molecule has 19 heavy (non-hydrogen) atoms. The van der Waals surface area contributed by atoms with Gasteiger partial charge in [0.05, 0.1) is 0 Å². The molecule has 2 aliphatic rings. The number of phenols is 1. The van der Waals surface area contributed by atoms with Gasteiger partial charge in [0.2, 0.25) is 5.60 Å². The van der Waals surface area contributed by atoms with Gasteiger partial charge in [0.1, 0.15) is 17.6 Å². The van der Waals surface area contributed by atoms with Crippen LogP contribution in [-0.2, 0) is 9.53 Å². The quantitative estimate of drug-likeness (QED) is 0.693. The number of rotatable bonds is 0. The third-order valence-electron chi connectivity index (χ3n) is 4.35. The Kier molecular flexibility index (Phi) is 2.21. The lowest BCUT2D eigenvalue weighted by molar-refractivity contribution is -0.151. The van der Waals surface area contributed by atoms with E-state index in [0.29, 0.717) is 22.4 Å². The fourth-order valence-corrected chi connectivity index (χ4v) is 2.84. The van der Waals surface area contributed by atoms with Crippen molar-refractivity contribution >= 4 is 5.97 Å². The maximum absolute atomic E-state index is 11.9. The topological polar surface area (TPSA) is 76.0 Å². The number of carbonyl (C=O) groups is 1. The SMILES string of the molecule is Cc1c(C)c2c(c(C)c1O)C1OC(=O)C(C)(O2)C1O. The van der Waals surface area contributed by atoms with E-state index in [-0.39, 0.29) is 5.75 Å². The molecule has 0 saturated carbocycles. The molecule has 3 unspecified atom stereocenters. The summed E-state index contributed by atoms with van der Waals surface area (Å²) >= 11 is 0. The lowest BCUT2D eigenvalue weighted by Gasteiger charge is -2.34. The van der Waals surface area contributed by atoms with Gasteiger partial charge in [-0.05, 0) is 38.8 Å². The van der Waals surface area contributed by atoms with Crippen LogP contribution in [0.2, 0.25) is 0 Å². The minimum absolute atomic E-state index is 0.151. The van der Waals surface area contributed by atoms with Crippen molar-refractivity contribution in [3.05, 3.63) is 22.3 Å². The molecule has 0 radical (unpaired) electrons. The first-order valence-corrected chi connectivity index (χ1v) is 6.19. The summed E-state index contributed by atoms with van der Waals surface area (Å²) in [6, 6.07) is 0. The second-order valence-electron chi connectivity index (χ2n) is 5.45. The lowest BCUT2D eigenvalue weighted by Crippen LogP contribution is -2.49. The smallest absolute Gasteiger partial charge is 0.353 e. The standard InChI is InChI=1S/C14H16O5/c1-5-6(2)10-8(7(3)9(5)15)11-12(16)14(4,19-10)13(17)18-11/h11-12,15-16H,1-4H3. The summed E-state index contributed by atoms with van der Waals surface area (Å²) in [4.78, 5) is 11.9. The molecule has 3 atom stereocenters. The monoisotopic (exact) mass is 264 g/mol. The molecule has 0 amide bonds. The van der Waals surface area contributed by atoms with Crippen LogP contribution in [0.15, 0.2) is 0 Å². The Morgan fingerprint density at radius 3 is 2.42 bits per heavy atom. The summed E-state index contributed by atoms with van der Waals surface area (Å²) < 4.78 is 11.0. The van der Waals surface area contributed by atoms with Crippen LogP contribution < -0.4 is 4.74 Å². The van der Waals surface area contributed by atoms with Gasteiger partial charge >= 0.3 is 5.97 Å². The Morgan fingerprint density at radius 1 is 1.16 bits per heavy atom. The molecule has 5 heteroatoms. The molecule has 3 rings (SSSR count). The number of esters is 1. The summed E-state index contributed by atoms with van der Waals surface area (Å²) in [5, 5.41) is 20.3. The van der Waals surface area contributed by atoms with Crippen molar-refractivity contribution in [2.45, 2.75) is 45.5 Å². The molecule has 0 aromatic heterocycles. The van der Waals surface area contributed by atoms with Gasteiger partial charge in [0, 0.05) is 11.1 Å². The molecule has 1 fully saturated rings. The predicted octanol–water partition coefficient (Wildman–Crippen LogP) is 1.43. The van der Waals surface area contributed by atoms with Crippen molar-refractivity contribution in [2.24, 2.45) is 0 Å². The maximum atomic E-state index is 11.9. The van der Waals surface area contributed by atoms with E-state index in [0.717, 1.165) is 5.56 Å². The van der Waals surface area contributed by atoms with Crippen molar-refractivity contribution in [3.63, 3.8) is 0 Å². The lowest BCUT2D eigenvalue weighted by atomic mass is 9.85. The maximum Gasteiger partial charge on any atom is 0.353 e. The number of phenolic OH excluding ortho intramolecular Hbond substituents is 1. The van der Waals surface area contributed by atoms with E-state index in [1.54, 1.807) is 13.8 Å². The average molecular weight is 264 g/mol. The number of aliphatic hydroxyl groups excluding tert-OH is 1. The van der Waals surface area contributed by atoms with Crippen LogP contribution in [0.25, 0.3) is 0 Å². The number of carbonyl (C=O) groups excluding carboxylic acids is 1. The first-order valence-electron chi connectivity index (χ1n) is 6.19. The van der Waals surface area contributed by atoms with Gasteiger partial charge in [0.25, 0.3) is 0 Å². The summed E-state index contributed by atoms with van der Waals surface area (Å²) in [6.45, 7) is 6.86. The highest BCUT2D eigenvalue weighted by Gasteiger charge is 2.61. The first kappa shape index (κ1) is 12.3. The molecule has 0 spiro atoms. The van der Waals surface area contributed by atoms with Crippen LogP contribution in [0, 0.1) is 20.8 Å². The normalized spacial score (nSPS) is 31.7. The van der Waals surface area contributed by atoms with Crippen molar-refractivity contribution < 1.29 is 24.5 Å². The zero-order chi connectivity index (χ0) is 14.1. The third-order valence-corrected chi connectivity index (χ3v) is 4.35. The molecule has 5 nitrogen and oxygen atoms in total. The molecule has 102 valence electrons. The van der Waals surface area contributed by atoms with Crippen LogP contribution in [0.4, 0.5) is 0 Å². The van der Waals surface area contributed by atoms with Crippen LogP contribution in [0.3, 0.4) is 0 Å². The Balaban J connectivity index is 2.33. The van der Waals surface area contributed by atoms with Gasteiger partial charge < -0.3 is 19.7 Å². The van der Waals surface area contributed by atoms with Crippen LogP contribution >= 0.6 is 0 Å². The third kappa shape index (κ3) is 1.26. The zero-order valence-corrected chi connectivity index (χ0v) is 11.3. The average Bonchev–Trinajstić information content (AvgIpc) is 2.51. The van der Waals surface area contributed by atoms with E-state index < -0.39 is 23.8 Å². The summed E-state index contributed by atoms with van der Waals surface area (Å²) in [5.41, 5.74) is 1.26. The van der Waals surface area contributed by atoms with Crippen LogP contribution in [0.1, 0.15) is 35.3 Å². The zero-order valence-electron chi connectivity index (χ0n) is 11.3. The van der Waals surface area contributed by atoms with Gasteiger partial charge in [-0.3, -0.25) is 0 Å². The van der Waals surface area contributed by atoms with Gasteiger partial charge in [-0.15, -0.1) is 0 Å². The summed E-state index contributed by atoms with van der Waals surface area (Å²) in [6.07, 6.45) is -1.83. The number of fused-ring (bicyclic) bond motifs is 4. The van der Waals surface area contributed by atoms with Gasteiger partial charge in [-0.2, -0.15) is 0 Å². The second-order valence-corrected chi connectivity index (χ2v) is 5.45. The van der Waals surface area contributed by atoms with E-state index >= 15 is 0 Å². The molecule has 2 N–H and O–H groups in total. The molecule has 2 bridgehead atoms. The van der Waals surface area contributed by atoms with E-state index in [9.17, 15) is 15.0 Å². The molecule has 1 aromatic rings. The number of aromatic hydroxyl groups is 1. The van der Waals surface area contributed by atoms with E-state index in [2.05, 4.69) is 0 Å². The van der Waals surface area contributed by atoms with E-state index in [1.807, 2.05) is 6.92 Å². The number of benzene rings is 1. The molecule has 0 aliphatic carbocycles. The van der Waals surface area contributed by atoms with Gasteiger partial charge in [-0.1, -0.05) is 0 Å². The fourth-order valence-electron chi connectivity index (χ4n) is 2.84. The summed E-state index contributed by atoms with van der Waals surface area (Å²) in [7, 11) is 0. The highest BCUT2D eigenvalue weighted by atomic mass is 16.6. The Bertz CT molecular complexity index is 607. The molecular formula is C14H16O5. The van der Waals surface area contributed by atoms with E-state index in [1.165, 1.54) is 6.92 Å². The minimum Gasteiger partial charge on any atom is -0.507 e. The molecule has 1 saturated heterocycles. The van der Waals surface area contributed by atoms with Gasteiger partial charge in [-0.25, -0.2) is 4.79 Å². The van der Waals surface area contributed by atoms with Crippen LogP contribution in [-0.4, -0.2) is 27.9 Å². The van der Waals surface area contributed by atoms with Crippen molar-refractivity contribution in [1.29, 1.82) is 0 Å². The Hall–Kier alpha value is -1.75. The number of aliphatic hydroxyl groups is 1. The molecule has 2 heterocycles. The van der Waals surface area contributed by atoms with Crippen molar-refractivity contribution in [3.8, 4) is 11.5 Å². The first-order chi connectivity index (χ1) is 8.79. The second kappa shape index (κ2) is 3.42. The minimum atomic E-state index is -1.36. The molecular weight excluding hydrogens is 248 g/mol. The number of hydrogen-bond donors (Lipinski definition) is 2. The van der Waals surface area contributed by atoms with Gasteiger partial charge in [0.15, 0.2) is 6.10 Å². The molecule has 2 aliphatic heterocycles. The van der Waals surface area contributed by atoms with Crippen molar-refractivity contribution in [1.82, 2.24) is 0 Å². The largest absolute Gasteiger partial charge is 0.507 e. The summed E-state index contributed by atoms with van der Waals surface area (Å²) in [5.74, 6) is 0.118. The van der Waals surface area contributed by atoms with Crippen molar-refractivity contribution in [2.75, 3.05) is 0 Å². The molecule has 1 aromatic carbocycles. The Labute approximate surface area is 110 Å². The highest BCUT2D eigenvalue weighted by Crippen LogP contribution is 2.52.